The molecule has 0 radical (unpaired) electrons. The Kier molecular flexibility index (Phi) is 6.38. The maximum Gasteiger partial charge on any atom is 0.416 e. The van der Waals surface area contributed by atoms with Gasteiger partial charge in [-0.05, 0) is 55.3 Å². The molecule has 2 aromatic carbocycles. The number of halogens is 3. The van der Waals surface area contributed by atoms with Gasteiger partial charge in [0.2, 0.25) is 9.84 Å². The monoisotopic (exact) mass is 425 g/mol. The van der Waals surface area contributed by atoms with Gasteiger partial charge in [-0.1, -0.05) is 12.1 Å². The molecule has 0 saturated carbocycles. The Balaban J connectivity index is 2.65. The van der Waals surface area contributed by atoms with Gasteiger partial charge in [0.05, 0.1) is 23.6 Å². The molecule has 0 spiro atoms. The predicted octanol–water partition coefficient (Wildman–Crippen LogP) is 4.28. The molecule has 29 heavy (non-hydrogen) atoms. The number of methoxy groups -OCH3 is 1. The van der Waals surface area contributed by atoms with E-state index in [1.807, 2.05) is 0 Å². The van der Waals surface area contributed by atoms with E-state index in [0.29, 0.717) is 17.9 Å². The smallest absolute Gasteiger partial charge is 0.416 e. The van der Waals surface area contributed by atoms with Crippen LogP contribution >= 0.6 is 0 Å². The van der Waals surface area contributed by atoms with Crippen LogP contribution in [-0.4, -0.2) is 21.3 Å². The van der Waals surface area contributed by atoms with Crippen LogP contribution in [0.4, 0.5) is 13.2 Å². The summed E-state index contributed by atoms with van der Waals surface area (Å²) in [7, 11) is -3.05. The summed E-state index contributed by atoms with van der Waals surface area (Å²) in [5.74, 6) is 0.111. The quantitative estimate of drug-likeness (QED) is 0.661. The van der Waals surface area contributed by atoms with Gasteiger partial charge in [0, 0.05) is 6.42 Å². The fourth-order valence-electron chi connectivity index (χ4n) is 2.85. The third-order valence-electron chi connectivity index (χ3n) is 4.52. The van der Waals surface area contributed by atoms with Crippen molar-refractivity contribution in [2.45, 2.75) is 35.6 Å². The lowest BCUT2D eigenvalue weighted by Gasteiger charge is -2.27. The molecule has 0 aliphatic heterocycles. The molecule has 2 aromatic rings. The van der Waals surface area contributed by atoms with E-state index < -0.39 is 31.2 Å². The number of carbonyl (C=O) groups is 1. The molecule has 9 heteroatoms. The number of rotatable bonds is 7. The minimum absolute atomic E-state index is 0.0990. The van der Waals surface area contributed by atoms with E-state index in [1.54, 1.807) is 6.07 Å². The van der Waals surface area contributed by atoms with Crippen molar-refractivity contribution in [3.8, 4) is 11.8 Å². The van der Waals surface area contributed by atoms with Gasteiger partial charge in [-0.3, -0.25) is 0 Å². The summed E-state index contributed by atoms with van der Waals surface area (Å²) in [5, 5.41) is 9.90. The van der Waals surface area contributed by atoms with Crippen LogP contribution in [0, 0.1) is 11.3 Å². The Labute approximate surface area is 166 Å². The molecular weight excluding hydrogens is 407 g/mol. The van der Waals surface area contributed by atoms with Gasteiger partial charge in [0.1, 0.15) is 11.5 Å². The second kappa shape index (κ2) is 8.25. The van der Waals surface area contributed by atoms with E-state index in [-0.39, 0.29) is 24.2 Å². The molecule has 1 atom stereocenters. The first-order valence-corrected chi connectivity index (χ1v) is 9.93. The summed E-state index contributed by atoms with van der Waals surface area (Å²) < 4.78 is 68.1. The molecule has 0 unspecified atom stereocenters. The lowest BCUT2D eigenvalue weighted by molar-refractivity contribution is -0.137. The number of Topliss-reactive ketones (excluding diaryl/α,β-unsaturated/α-hetero) is 1. The number of hydrogen-bond donors (Lipinski definition) is 0. The van der Waals surface area contributed by atoms with Gasteiger partial charge >= 0.3 is 6.18 Å². The van der Waals surface area contributed by atoms with Crippen molar-refractivity contribution < 1.29 is 31.1 Å². The molecular formula is C20H18F3NO4S. The minimum Gasteiger partial charge on any atom is -0.497 e. The minimum atomic E-state index is -4.63. The molecule has 0 aliphatic carbocycles. The van der Waals surface area contributed by atoms with E-state index >= 15 is 0 Å². The molecule has 5 nitrogen and oxygen atoms in total. The summed E-state index contributed by atoms with van der Waals surface area (Å²) in [6.07, 6.45) is -5.16. The average Bonchev–Trinajstić information content (AvgIpc) is 2.68. The summed E-state index contributed by atoms with van der Waals surface area (Å²) >= 11 is 0. The third-order valence-corrected chi connectivity index (χ3v) is 6.86. The number of alkyl halides is 3. The number of hydrogen-bond acceptors (Lipinski definition) is 5. The van der Waals surface area contributed by atoms with Gasteiger partial charge < -0.3 is 9.53 Å². The number of sulfone groups is 1. The summed E-state index contributed by atoms with van der Waals surface area (Å²) in [4.78, 5) is 11.1. The summed E-state index contributed by atoms with van der Waals surface area (Å²) in [6, 6.07) is 10.5. The largest absolute Gasteiger partial charge is 0.497 e. The number of carbonyl (C=O) groups excluding carboxylic acids is 1. The summed E-state index contributed by atoms with van der Waals surface area (Å²) in [6.45, 7) is 1.26. The van der Waals surface area contributed by atoms with Crippen molar-refractivity contribution in [1.82, 2.24) is 0 Å². The zero-order chi connectivity index (χ0) is 21.9. The maximum absolute atomic E-state index is 13.4. The van der Waals surface area contributed by atoms with Crippen LogP contribution in [0.2, 0.25) is 0 Å². The van der Waals surface area contributed by atoms with E-state index in [0.717, 1.165) is 12.1 Å². The molecule has 0 heterocycles. The normalized spacial score (nSPS) is 13.9. The van der Waals surface area contributed by atoms with Crippen molar-refractivity contribution >= 4 is 15.6 Å². The SMILES string of the molecule is COc1ccc([C@](C#N)(CCC(C)=O)S(=O)(=O)c2ccc(C(F)(F)F)cc2)cc1. The number of ether oxygens (including phenoxy) is 1. The highest BCUT2D eigenvalue weighted by Gasteiger charge is 2.47. The fourth-order valence-corrected chi connectivity index (χ4v) is 4.69. The molecule has 154 valence electrons. The molecule has 0 bridgehead atoms. The zero-order valence-corrected chi connectivity index (χ0v) is 16.5. The maximum atomic E-state index is 13.4. The van der Waals surface area contributed by atoms with Gasteiger partial charge in [-0.2, -0.15) is 18.4 Å². The van der Waals surface area contributed by atoms with Gasteiger partial charge in [-0.15, -0.1) is 0 Å². The van der Waals surface area contributed by atoms with Crippen LogP contribution in [0.1, 0.15) is 30.9 Å². The first-order valence-electron chi connectivity index (χ1n) is 8.45. The van der Waals surface area contributed by atoms with Crippen molar-refractivity contribution in [3.05, 3.63) is 59.7 Å². The van der Waals surface area contributed by atoms with Crippen LogP contribution in [-0.2, 0) is 25.6 Å². The number of nitrogens with zero attached hydrogens (tertiary/aromatic N) is 1. The van der Waals surface area contributed by atoms with Crippen LogP contribution in [0.25, 0.3) is 0 Å². The first kappa shape index (κ1) is 22.4. The Morgan fingerprint density at radius 3 is 1.97 bits per heavy atom. The number of ketones is 1. The first-order chi connectivity index (χ1) is 13.5. The summed E-state index contributed by atoms with van der Waals surface area (Å²) in [5.41, 5.74) is -0.908. The van der Waals surface area contributed by atoms with Crippen molar-refractivity contribution in [3.63, 3.8) is 0 Å². The Morgan fingerprint density at radius 1 is 1.03 bits per heavy atom. The number of benzene rings is 2. The molecule has 0 aliphatic rings. The second-order valence-corrected chi connectivity index (χ2v) is 8.57. The van der Waals surface area contributed by atoms with Crippen LogP contribution < -0.4 is 4.74 Å². The standard InChI is InChI=1S/C20H18F3NO4S/c1-14(25)11-12-19(13-24,15-3-7-17(28-2)8-4-15)29(26,27)18-9-5-16(6-10-18)20(21,22)23/h3-10H,11-12H2,1-2H3/t19-/m1/s1. The van der Waals surface area contributed by atoms with Crippen molar-refractivity contribution in [1.29, 1.82) is 5.26 Å². The molecule has 0 fully saturated rings. The van der Waals surface area contributed by atoms with Crippen molar-refractivity contribution in [2.24, 2.45) is 0 Å². The topological polar surface area (TPSA) is 84.2 Å². The van der Waals surface area contributed by atoms with E-state index in [1.165, 1.54) is 38.3 Å². The lowest BCUT2D eigenvalue weighted by Crippen LogP contribution is -2.35. The molecule has 0 amide bonds. The predicted molar refractivity (Wildman–Crippen MR) is 98.8 cm³/mol. The van der Waals surface area contributed by atoms with Crippen LogP contribution in [0.3, 0.4) is 0 Å². The number of nitriles is 1. The van der Waals surface area contributed by atoms with E-state index in [4.69, 9.17) is 4.74 Å². The molecule has 0 saturated heterocycles. The Bertz CT molecular complexity index is 1020. The molecule has 2 rings (SSSR count). The van der Waals surface area contributed by atoms with Gasteiger partial charge in [0.15, 0.2) is 4.75 Å². The van der Waals surface area contributed by atoms with Crippen LogP contribution in [0.15, 0.2) is 53.4 Å². The Morgan fingerprint density at radius 2 is 1.55 bits per heavy atom. The highest BCUT2D eigenvalue weighted by atomic mass is 32.2. The van der Waals surface area contributed by atoms with E-state index in [9.17, 15) is 31.6 Å². The van der Waals surface area contributed by atoms with Crippen LogP contribution in [0.5, 0.6) is 5.75 Å². The fraction of sp³-hybridized carbons (Fsp3) is 0.300. The van der Waals surface area contributed by atoms with Crippen molar-refractivity contribution in [2.75, 3.05) is 7.11 Å². The highest BCUT2D eigenvalue weighted by molar-refractivity contribution is 7.92. The zero-order valence-electron chi connectivity index (χ0n) is 15.7. The van der Waals surface area contributed by atoms with Gasteiger partial charge in [0.25, 0.3) is 0 Å². The second-order valence-electron chi connectivity index (χ2n) is 6.39. The lowest BCUT2D eigenvalue weighted by atomic mass is 9.93. The molecule has 0 aromatic heterocycles. The Hall–Kier alpha value is -2.86. The average molecular weight is 425 g/mol. The van der Waals surface area contributed by atoms with Gasteiger partial charge in [-0.25, -0.2) is 8.42 Å². The highest BCUT2D eigenvalue weighted by Crippen LogP contribution is 2.40. The third kappa shape index (κ3) is 4.43. The molecule has 0 N–H and O–H groups in total. The van der Waals surface area contributed by atoms with E-state index in [2.05, 4.69) is 0 Å².